The van der Waals surface area contributed by atoms with E-state index < -0.39 is 0 Å². The predicted octanol–water partition coefficient (Wildman–Crippen LogP) is 1.65. The molecule has 1 aliphatic heterocycles. The van der Waals surface area contributed by atoms with Crippen LogP contribution in [0.5, 0.6) is 0 Å². The Labute approximate surface area is 127 Å². The summed E-state index contributed by atoms with van der Waals surface area (Å²) in [5.74, 6) is 1.01. The summed E-state index contributed by atoms with van der Waals surface area (Å²) >= 11 is 0. The van der Waals surface area contributed by atoms with E-state index in [-0.39, 0.29) is 0 Å². The van der Waals surface area contributed by atoms with Gasteiger partial charge in [0.05, 0.1) is 11.9 Å². The maximum atomic E-state index is 4.77. The lowest BCUT2D eigenvalue weighted by molar-refractivity contribution is 0.220. The van der Waals surface area contributed by atoms with Crippen molar-refractivity contribution in [1.29, 1.82) is 0 Å². The SMILES string of the molecule is CCN1CCC(N(C)c2cncc(CNC3CC3)n2)CC1. The highest BCUT2D eigenvalue weighted by molar-refractivity contribution is 5.36. The Bertz CT molecular complexity index is 452. The number of hydrogen-bond donors (Lipinski definition) is 1. The van der Waals surface area contributed by atoms with Crippen molar-refractivity contribution in [2.75, 3.05) is 31.6 Å². The standard InChI is InChI=1S/C16H27N5/c1-3-21-8-6-15(7-9-21)20(2)16-12-17-10-14(19-16)11-18-13-4-5-13/h10,12-13,15,18H,3-9,11H2,1-2H3. The van der Waals surface area contributed by atoms with Gasteiger partial charge < -0.3 is 15.1 Å². The van der Waals surface area contributed by atoms with Crippen molar-refractivity contribution in [2.24, 2.45) is 0 Å². The molecule has 0 radical (unpaired) electrons. The molecular weight excluding hydrogens is 262 g/mol. The number of piperidine rings is 1. The third kappa shape index (κ3) is 3.92. The van der Waals surface area contributed by atoms with Crippen LogP contribution >= 0.6 is 0 Å². The number of aromatic nitrogens is 2. The molecule has 3 rings (SSSR count). The van der Waals surface area contributed by atoms with Gasteiger partial charge in [-0.1, -0.05) is 6.92 Å². The van der Waals surface area contributed by atoms with Crippen molar-refractivity contribution in [2.45, 2.75) is 51.2 Å². The van der Waals surface area contributed by atoms with Gasteiger partial charge in [0.25, 0.3) is 0 Å². The molecule has 0 unspecified atom stereocenters. The van der Waals surface area contributed by atoms with E-state index in [1.54, 1.807) is 0 Å². The van der Waals surface area contributed by atoms with Gasteiger partial charge >= 0.3 is 0 Å². The van der Waals surface area contributed by atoms with Crippen LogP contribution in [0, 0.1) is 0 Å². The van der Waals surface area contributed by atoms with E-state index in [9.17, 15) is 0 Å². The average molecular weight is 289 g/mol. The van der Waals surface area contributed by atoms with Gasteiger partial charge in [0.2, 0.25) is 0 Å². The van der Waals surface area contributed by atoms with Gasteiger partial charge in [-0.3, -0.25) is 4.98 Å². The van der Waals surface area contributed by atoms with Crippen LogP contribution in [0.15, 0.2) is 12.4 Å². The second kappa shape index (κ2) is 6.71. The topological polar surface area (TPSA) is 44.3 Å². The Morgan fingerprint density at radius 1 is 1.24 bits per heavy atom. The number of likely N-dealkylation sites (tertiary alicyclic amines) is 1. The molecule has 1 saturated carbocycles. The van der Waals surface area contributed by atoms with Crippen molar-refractivity contribution in [1.82, 2.24) is 20.2 Å². The molecular formula is C16H27N5. The summed E-state index contributed by atoms with van der Waals surface area (Å²) in [5, 5.41) is 3.50. The van der Waals surface area contributed by atoms with E-state index in [0.29, 0.717) is 12.1 Å². The monoisotopic (exact) mass is 289 g/mol. The first-order valence-corrected chi connectivity index (χ1v) is 8.25. The van der Waals surface area contributed by atoms with Gasteiger partial charge in [0.15, 0.2) is 0 Å². The van der Waals surface area contributed by atoms with Gasteiger partial charge in [0, 0.05) is 45.0 Å². The molecule has 5 nitrogen and oxygen atoms in total. The lowest BCUT2D eigenvalue weighted by atomic mass is 10.0. The van der Waals surface area contributed by atoms with Crippen LogP contribution in [-0.2, 0) is 6.54 Å². The average Bonchev–Trinajstić information content (AvgIpc) is 3.37. The van der Waals surface area contributed by atoms with Crippen LogP contribution in [0.3, 0.4) is 0 Å². The number of hydrogen-bond acceptors (Lipinski definition) is 5. The molecule has 1 aliphatic carbocycles. The number of rotatable bonds is 6. The van der Waals surface area contributed by atoms with E-state index in [0.717, 1.165) is 18.1 Å². The van der Waals surface area contributed by atoms with Gasteiger partial charge in [-0.15, -0.1) is 0 Å². The second-order valence-corrected chi connectivity index (χ2v) is 6.30. The highest BCUT2D eigenvalue weighted by Gasteiger charge is 2.23. The van der Waals surface area contributed by atoms with Crippen molar-refractivity contribution in [3.05, 3.63) is 18.1 Å². The summed E-state index contributed by atoms with van der Waals surface area (Å²) in [6, 6.07) is 1.31. The Hall–Kier alpha value is -1.20. The molecule has 0 atom stereocenters. The summed E-state index contributed by atoms with van der Waals surface area (Å²) < 4.78 is 0. The summed E-state index contributed by atoms with van der Waals surface area (Å²) in [6.45, 7) is 6.64. The van der Waals surface area contributed by atoms with E-state index >= 15 is 0 Å². The molecule has 0 spiro atoms. The van der Waals surface area contributed by atoms with Crippen molar-refractivity contribution >= 4 is 5.82 Å². The molecule has 5 heteroatoms. The maximum Gasteiger partial charge on any atom is 0.147 e. The molecule has 0 aromatic carbocycles. The Morgan fingerprint density at radius 3 is 2.67 bits per heavy atom. The summed E-state index contributed by atoms with van der Waals surface area (Å²) in [7, 11) is 2.16. The van der Waals surface area contributed by atoms with Crippen LogP contribution in [-0.4, -0.2) is 53.6 Å². The first kappa shape index (κ1) is 14.7. The molecule has 0 amide bonds. The van der Waals surface area contributed by atoms with Crippen molar-refractivity contribution in [3.63, 3.8) is 0 Å². The Balaban J connectivity index is 1.58. The maximum absolute atomic E-state index is 4.77. The Morgan fingerprint density at radius 2 is 2.00 bits per heavy atom. The zero-order valence-electron chi connectivity index (χ0n) is 13.3. The summed E-state index contributed by atoms with van der Waals surface area (Å²) in [5.41, 5.74) is 1.05. The number of anilines is 1. The third-order valence-corrected chi connectivity index (χ3v) is 4.73. The second-order valence-electron chi connectivity index (χ2n) is 6.30. The van der Waals surface area contributed by atoms with E-state index in [1.807, 2.05) is 12.4 Å². The number of nitrogens with zero attached hydrogens (tertiary/aromatic N) is 4. The minimum atomic E-state index is 0.591. The number of nitrogens with one attached hydrogen (secondary N) is 1. The lowest BCUT2D eigenvalue weighted by Crippen LogP contribution is -2.43. The van der Waals surface area contributed by atoms with Crippen LogP contribution in [0.2, 0.25) is 0 Å². The van der Waals surface area contributed by atoms with Crippen LogP contribution in [0.1, 0.15) is 38.3 Å². The molecule has 116 valence electrons. The highest BCUT2D eigenvalue weighted by atomic mass is 15.2. The first-order chi connectivity index (χ1) is 10.3. The molecule has 21 heavy (non-hydrogen) atoms. The molecule has 2 fully saturated rings. The summed E-state index contributed by atoms with van der Waals surface area (Å²) in [4.78, 5) is 14.0. The fraction of sp³-hybridized carbons (Fsp3) is 0.750. The van der Waals surface area contributed by atoms with Crippen molar-refractivity contribution < 1.29 is 0 Å². The predicted molar refractivity (Wildman–Crippen MR) is 85.4 cm³/mol. The summed E-state index contributed by atoms with van der Waals surface area (Å²) in [6.07, 6.45) is 8.83. The van der Waals surface area contributed by atoms with Gasteiger partial charge in [-0.05, 0) is 32.2 Å². The van der Waals surface area contributed by atoms with Crippen LogP contribution < -0.4 is 10.2 Å². The molecule has 1 N–H and O–H groups in total. The molecule has 1 aromatic heterocycles. The largest absolute Gasteiger partial charge is 0.355 e. The fourth-order valence-corrected chi connectivity index (χ4v) is 3.00. The molecule has 2 aliphatic rings. The van der Waals surface area contributed by atoms with Gasteiger partial charge in [-0.25, -0.2) is 4.98 Å². The minimum absolute atomic E-state index is 0.591. The molecule has 1 saturated heterocycles. The molecule has 1 aromatic rings. The van der Waals surface area contributed by atoms with E-state index in [2.05, 4.69) is 34.1 Å². The Kier molecular flexibility index (Phi) is 4.70. The zero-order chi connectivity index (χ0) is 14.7. The smallest absolute Gasteiger partial charge is 0.147 e. The molecule has 2 heterocycles. The third-order valence-electron chi connectivity index (χ3n) is 4.73. The van der Waals surface area contributed by atoms with Crippen molar-refractivity contribution in [3.8, 4) is 0 Å². The zero-order valence-corrected chi connectivity index (χ0v) is 13.3. The first-order valence-electron chi connectivity index (χ1n) is 8.25. The highest BCUT2D eigenvalue weighted by Crippen LogP contribution is 2.21. The molecule has 0 bridgehead atoms. The van der Waals surface area contributed by atoms with Crippen LogP contribution in [0.25, 0.3) is 0 Å². The minimum Gasteiger partial charge on any atom is -0.355 e. The fourth-order valence-electron chi connectivity index (χ4n) is 3.00. The lowest BCUT2D eigenvalue weighted by Gasteiger charge is -2.36. The van der Waals surface area contributed by atoms with E-state index in [1.165, 1.54) is 45.3 Å². The van der Waals surface area contributed by atoms with Gasteiger partial charge in [-0.2, -0.15) is 0 Å². The van der Waals surface area contributed by atoms with Gasteiger partial charge in [0.1, 0.15) is 5.82 Å². The van der Waals surface area contributed by atoms with E-state index in [4.69, 9.17) is 4.98 Å². The normalized spacial score (nSPS) is 20.7. The van der Waals surface area contributed by atoms with Crippen LogP contribution in [0.4, 0.5) is 5.82 Å². The quantitative estimate of drug-likeness (QED) is 0.862.